The summed E-state index contributed by atoms with van der Waals surface area (Å²) in [5.74, 6) is -0.0311. The number of nitriles is 1. The Morgan fingerprint density at radius 2 is 1.59 bits per heavy atom. The van der Waals surface area contributed by atoms with E-state index in [-0.39, 0.29) is 0 Å². The molecule has 0 N–H and O–H groups in total. The predicted molar refractivity (Wildman–Crippen MR) is 130 cm³/mol. The molecule has 32 heavy (non-hydrogen) atoms. The maximum Gasteiger partial charge on any atom is 0.331 e. The van der Waals surface area contributed by atoms with Crippen LogP contribution in [0.15, 0.2) is 42.6 Å². The SMILES string of the molecule is CCCCCCCCc1ccc(-c2ccc(OC(=O)C(C)(C#N)CCCCC)cc2)nc1. The van der Waals surface area contributed by atoms with Crippen LogP contribution in [0.1, 0.15) is 90.5 Å². The fourth-order valence-electron chi connectivity index (χ4n) is 3.70. The standard InChI is InChI=1S/C28H38N2O2/c1-4-6-8-9-10-11-13-23-14-19-26(30-21-23)24-15-17-25(18-16-24)32-27(31)28(3,22-29)20-12-7-5-2/h14-19,21H,4-13,20H2,1-3H3. The van der Waals surface area contributed by atoms with Crippen molar-refractivity contribution in [2.75, 3.05) is 0 Å². The van der Waals surface area contributed by atoms with Crippen LogP contribution in [0.3, 0.4) is 0 Å². The van der Waals surface area contributed by atoms with Crippen LogP contribution < -0.4 is 4.74 Å². The molecule has 0 saturated carbocycles. The first-order valence-electron chi connectivity index (χ1n) is 12.2. The minimum atomic E-state index is -1.11. The Morgan fingerprint density at radius 1 is 0.938 bits per heavy atom. The van der Waals surface area contributed by atoms with Gasteiger partial charge in [-0.2, -0.15) is 5.26 Å². The number of pyridine rings is 1. The highest BCUT2D eigenvalue weighted by molar-refractivity contribution is 5.81. The zero-order chi connectivity index (χ0) is 23.2. The van der Waals surface area contributed by atoms with Gasteiger partial charge in [0, 0.05) is 11.8 Å². The molecule has 0 radical (unpaired) electrons. The number of esters is 1. The second-order valence-corrected chi connectivity index (χ2v) is 8.88. The first-order chi connectivity index (χ1) is 15.5. The lowest BCUT2D eigenvalue weighted by Crippen LogP contribution is -2.30. The third-order valence-corrected chi connectivity index (χ3v) is 5.98. The lowest BCUT2D eigenvalue weighted by molar-refractivity contribution is -0.142. The molecule has 1 aromatic carbocycles. The number of hydrogen-bond acceptors (Lipinski definition) is 4. The van der Waals surface area contributed by atoms with E-state index in [2.05, 4.69) is 31.0 Å². The topological polar surface area (TPSA) is 63.0 Å². The van der Waals surface area contributed by atoms with Crippen LogP contribution in [0.25, 0.3) is 11.3 Å². The lowest BCUT2D eigenvalue weighted by Gasteiger charge is -2.19. The molecule has 0 aliphatic carbocycles. The van der Waals surface area contributed by atoms with Gasteiger partial charge in [0.05, 0.1) is 11.8 Å². The van der Waals surface area contributed by atoms with Crippen LogP contribution in [-0.4, -0.2) is 11.0 Å². The molecule has 0 aliphatic heterocycles. The smallest absolute Gasteiger partial charge is 0.331 e. The zero-order valence-corrected chi connectivity index (χ0v) is 20.0. The van der Waals surface area contributed by atoms with Gasteiger partial charge in [-0.3, -0.25) is 4.98 Å². The second-order valence-electron chi connectivity index (χ2n) is 8.88. The van der Waals surface area contributed by atoms with Gasteiger partial charge in [0.25, 0.3) is 0 Å². The van der Waals surface area contributed by atoms with Crippen LogP contribution in [0, 0.1) is 16.7 Å². The number of aryl methyl sites for hydroxylation is 1. The molecule has 1 aromatic heterocycles. The summed E-state index contributed by atoms with van der Waals surface area (Å²) in [6, 6.07) is 13.7. The van der Waals surface area contributed by atoms with E-state index >= 15 is 0 Å². The lowest BCUT2D eigenvalue weighted by atomic mass is 9.86. The quantitative estimate of drug-likeness (QED) is 0.174. The van der Waals surface area contributed by atoms with E-state index in [9.17, 15) is 10.1 Å². The van der Waals surface area contributed by atoms with Crippen LogP contribution in [0.5, 0.6) is 5.75 Å². The zero-order valence-electron chi connectivity index (χ0n) is 20.0. The van der Waals surface area contributed by atoms with Crippen molar-refractivity contribution in [3.63, 3.8) is 0 Å². The molecule has 4 nitrogen and oxygen atoms in total. The molecule has 0 saturated heterocycles. The predicted octanol–water partition coefficient (Wildman–Crippen LogP) is 7.67. The van der Waals surface area contributed by atoms with E-state index in [1.807, 2.05) is 24.4 Å². The molecule has 4 heteroatoms. The van der Waals surface area contributed by atoms with E-state index in [4.69, 9.17) is 4.74 Å². The first kappa shape index (κ1) is 25.6. The van der Waals surface area contributed by atoms with E-state index in [1.165, 1.54) is 44.1 Å². The molecular formula is C28H38N2O2. The van der Waals surface area contributed by atoms with E-state index in [0.717, 1.165) is 36.9 Å². The minimum absolute atomic E-state index is 0.454. The van der Waals surface area contributed by atoms with Crippen molar-refractivity contribution in [3.05, 3.63) is 48.2 Å². The average molecular weight is 435 g/mol. The molecule has 0 fully saturated rings. The molecule has 1 heterocycles. The third-order valence-electron chi connectivity index (χ3n) is 5.98. The normalized spacial score (nSPS) is 12.7. The van der Waals surface area contributed by atoms with Crippen molar-refractivity contribution in [1.29, 1.82) is 5.26 Å². The van der Waals surface area contributed by atoms with Crippen molar-refractivity contribution in [3.8, 4) is 23.1 Å². The summed E-state index contributed by atoms with van der Waals surface area (Å²) in [5.41, 5.74) is 2.04. The van der Waals surface area contributed by atoms with Crippen molar-refractivity contribution in [1.82, 2.24) is 4.98 Å². The molecule has 0 bridgehead atoms. The average Bonchev–Trinajstić information content (AvgIpc) is 2.82. The van der Waals surface area contributed by atoms with Gasteiger partial charge in [-0.25, -0.2) is 4.79 Å². The van der Waals surface area contributed by atoms with Crippen molar-refractivity contribution in [2.24, 2.45) is 5.41 Å². The summed E-state index contributed by atoms with van der Waals surface area (Å²) in [6.45, 7) is 6.00. The molecule has 1 atom stereocenters. The Bertz CT molecular complexity index is 852. The van der Waals surface area contributed by atoms with Gasteiger partial charge in [-0.1, -0.05) is 71.3 Å². The maximum absolute atomic E-state index is 12.6. The monoisotopic (exact) mass is 434 g/mol. The molecule has 172 valence electrons. The van der Waals surface area contributed by atoms with E-state index < -0.39 is 11.4 Å². The van der Waals surface area contributed by atoms with Gasteiger partial charge in [0.1, 0.15) is 5.75 Å². The Morgan fingerprint density at radius 3 is 2.22 bits per heavy atom. The van der Waals surface area contributed by atoms with E-state index in [1.54, 1.807) is 19.1 Å². The molecule has 0 amide bonds. The van der Waals surface area contributed by atoms with E-state index in [0.29, 0.717) is 12.2 Å². The number of aromatic nitrogens is 1. The Kier molecular flexibility index (Phi) is 10.9. The highest BCUT2D eigenvalue weighted by Gasteiger charge is 2.35. The minimum Gasteiger partial charge on any atom is -0.425 e. The number of hydrogen-bond donors (Lipinski definition) is 0. The third kappa shape index (κ3) is 8.11. The second kappa shape index (κ2) is 13.7. The number of unbranched alkanes of at least 4 members (excludes halogenated alkanes) is 7. The summed E-state index contributed by atoms with van der Waals surface area (Å²) in [5, 5.41) is 9.49. The molecular weight excluding hydrogens is 396 g/mol. The van der Waals surface area contributed by atoms with Gasteiger partial charge in [-0.05, 0) is 62.1 Å². The highest BCUT2D eigenvalue weighted by Crippen LogP contribution is 2.28. The van der Waals surface area contributed by atoms with Gasteiger partial charge >= 0.3 is 5.97 Å². The number of nitrogens with zero attached hydrogens (tertiary/aromatic N) is 2. The fourth-order valence-corrected chi connectivity index (χ4v) is 3.70. The Balaban J connectivity index is 1.89. The largest absolute Gasteiger partial charge is 0.425 e. The molecule has 0 spiro atoms. The first-order valence-corrected chi connectivity index (χ1v) is 12.2. The Labute approximate surface area is 194 Å². The molecule has 0 aliphatic rings. The molecule has 2 aromatic rings. The summed E-state index contributed by atoms with van der Waals surface area (Å²) in [4.78, 5) is 17.2. The van der Waals surface area contributed by atoms with Crippen LogP contribution in [0.4, 0.5) is 0 Å². The molecule has 1 unspecified atom stereocenters. The fraction of sp³-hybridized carbons (Fsp3) is 0.536. The van der Waals surface area contributed by atoms with Crippen molar-refractivity contribution < 1.29 is 9.53 Å². The van der Waals surface area contributed by atoms with Crippen LogP contribution >= 0.6 is 0 Å². The molecule has 2 rings (SSSR count). The van der Waals surface area contributed by atoms with Gasteiger partial charge in [0.15, 0.2) is 5.41 Å². The number of carbonyl (C=O) groups is 1. The number of rotatable bonds is 14. The maximum atomic E-state index is 12.6. The van der Waals surface area contributed by atoms with Crippen LogP contribution in [-0.2, 0) is 11.2 Å². The van der Waals surface area contributed by atoms with Crippen molar-refractivity contribution in [2.45, 2.75) is 91.4 Å². The summed E-state index contributed by atoms with van der Waals surface area (Å²) in [6.07, 6.45) is 14.2. The Hall–Kier alpha value is -2.67. The summed E-state index contributed by atoms with van der Waals surface area (Å²) < 4.78 is 5.51. The number of carbonyl (C=O) groups excluding carboxylic acids is 1. The van der Waals surface area contributed by atoms with Crippen molar-refractivity contribution >= 4 is 5.97 Å². The van der Waals surface area contributed by atoms with Gasteiger partial charge < -0.3 is 4.74 Å². The highest BCUT2D eigenvalue weighted by atomic mass is 16.5. The van der Waals surface area contributed by atoms with Gasteiger partial charge in [-0.15, -0.1) is 0 Å². The summed E-state index contributed by atoms with van der Waals surface area (Å²) >= 11 is 0. The van der Waals surface area contributed by atoms with Gasteiger partial charge in [0.2, 0.25) is 0 Å². The van der Waals surface area contributed by atoms with Crippen LogP contribution in [0.2, 0.25) is 0 Å². The number of benzene rings is 1. The number of ether oxygens (including phenoxy) is 1. The summed E-state index contributed by atoms with van der Waals surface area (Å²) in [7, 11) is 0.